The van der Waals surface area contributed by atoms with E-state index in [1.54, 1.807) is 36.4 Å². The summed E-state index contributed by atoms with van der Waals surface area (Å²) in [5, 5.41) is 8.14. The number of sulfonamides is 1. The fourth-order valence-electron chi connectivity index (χ4n) is 2.33. The van der Waals surface area contributed by atoms with Gasteiger partial charge in [0.25, 0.3) is 0 Å². The Morgan fingerprint density at radius 1 is 1.00 bits per heavy atom. The van der Waals surface area contributed by atoms with Crippen LogP contribution in [-0.2, 0) is 21.2 Å². The number of amides is 1. The quantitative estimate of drug-likeness (QED) is 0.670. The molecule has 0 fully saturated rings. The Kier molecular flexibility index (Phi) is 6.90. The van der Waals surface area contributed by atoms with Crippen molar-refractivity contribution in [3.05, 3.63) is 64.7 Å². The molecule has 2 aromatic carbocycles. The van der Waals surface area contributed by atoms with Crippen molar-refractivity contribution in [3.63, 3.8) is 0 Å². The second-order valence-corrected chi connectivity index (χ2v) is 7.66. The van der Waals surface area contributed by atoms with E-state index in [1.165, 1.54) is 12.1 Å². The summed E-state index contributed by atoms with van der Waals surface area (Å²) in [7, 11) is -3.71. The Hall–Kier alpha value is -2.22. The number of carbonyl (C=O) groups is 2. The van der Waals surface area contributed by atoms with E-state index >= 15 is 0 Å². The van der Waals surface area contributed by atoms with Crippen LogP contribution in [0.15, 0.2) is 53.4 Å². The van der Waals surface area contributed by atoms with Gasteiger partial charge in [0.15, 0.2) is 5.78 Å². The lowest BCUT2D eigenvalue weighted by atomic mass is 10.1. The average Bonchev–Trinajstić information content (AvgIpc) is 2.60. The van der Waals surface area contributed by atoms with Crippen molar-refractivity contribution in [1.82, 2.24) is 5.32 Å². The number of carbonyl (C=O) groups excluding carboxylic acids is 2. The molecule has 8 heteroatoms. The number of nitrogens with one attached hydrogen (secondary N) is 1. The minimum absolute atomic E-state index is 0.0448. The lowest BCUT2D eigenvalue weighted by Crippen LogP contribution is -2.26. The monoisotopic (exact) mass is 394 g/mol. The van der Waals surface area contributed by atoms with E-state index in [0.717, 1.165) is 5.56 Å². The number of rotatable bonds is 8. The maximum Gasteiger partial charge on any atom is 0.238 e. The molecule has 0 radical (unpaired) electrons. The molecule has 26 heavy (non-hydrogen) atoms. The van der Waals surface area contributed by atoms with Gasteiger partial charge in [0.1, 0.15) is 0 Å². The first-order valence-electron chi connectivity index (χ1n) is 7.93. The maximum atomic E-state index is 12.1. The normalized spacial score (nSPS) is 11.2. The highest BCUT2D eigenvalue weighted by atomic mass is 35.5. The highest BCUT2D eigenvalue weighted by Crippen LogP contribution is 2.17. The van der Waals surface area contributed by atoms with Gasteiger partial charge in [-0.1, -0.05) is 35.9 Å². The van der Waals surface area contributed by atoms with Crippen molar-refractivity contribution in [1.29, 1.82) is 0 Å². The van der Waals surface area contributed by atoms with Gasteiger partial charge in [-0.25, -0.2) is 13.6 Å². The maximum absolute atomic E-state index is 12.1. The number of hydrogen-bond acceptors (Lipinski definition) is 4. The van der Waals surface area contributed by atoms with E-state index in [9.17, 15) is 18.0 Å². The molecular weight excluding hydrogens is 376 g/mol. The predicted octanol–water partition coefficient (Wildman–Crippen LogP) is 2.31. The summed E-state index contributed by atoms with van der Waals surface area (Å²) in [6.45, 7) is 0.383. The number of halogens is 1. The summed E-state index contributed by atoms with van der Waals surface area (Å²) in [5.41, 5.74) is 1.28. The summed E-state index contributed by atoms with van der Waals surface area (Å²) >= 11 is 5.96. The third-order valence-electron chi connectivity index (χ3n) is 3.74. The molecule has 0 aromatic heterocycles. The van der Waals surface area contributed by atoms with Crippen molar-refractivity contribution in [2.24, 2.45) is 5.14 Å². The van der Waals surface area contributed by atoms with Crippen LogP contribution < -0.4 is 10.5 Å². The van der Waals surface area contributed by atoms with Crippen LogP contribution in [0, 0.1) is 0 Å². The van der Waals surface area contributed by atoms with Crippen LogP contribution in [0.25, 0.3) is 0 Å². The Labute approximate surface area is 157 Å². The zero-order valence-corrected chi connectivity index (χ0v) is 15.5. The predicted molar refractivity (Wildman–Crippen MR) is 99.5 cm³/mol. The molecule has 0 aliphatic carbocycles. The van der Waals surface area contributed by atoms with Crippen molar-refractivity contribution >= 4 is 33.3 Å². The minimum Gasteiger partial charge on any atom is -0.356 e. The molecule has 2 rings (SSSR count). The largest absolute Gasteiger partial charge is 0.356 e. The van der Waals surface area contributed by atoms with E-state index in [0.29, 0.717) is 23.6 Å². The van der Waals surface area contributed by atoms with Crippen molar-refractivity contribution < 1.29 is 18.0 Å². The third kappa shape index (κ3) is 5.94. The molecule has 0 bridgehead atoms. The molecule has 0 unspecified atom stereocenters. The Balaban J connectivity index is 1.75. The van der Waals surface area contributed by atoms with Crippen molar-refractivity contribution in [2.75, 3.05) is 6.54 Å². The molecule has 6 nitrogen and oxygen atoms in total. The lowest BCUT2D eigenvalue weighted by molar-refractivity contribution is -0.121. The van der Waals surface area contributed by atoms with Gasteiger partial charge in [-0.3, -0.25) is 9.59 Å². The number of hydrogen-bond donors (Lipinski definition) is 2. The van der Waals surface area contributed by atoms with Crippen LogP contribution in [0.2, 0.25) is 5.02 Å². The summed E-state index contributed by atoms with van der Waals surface area (Å²) in [6, 6.07) is 12.9. The van der Waals surface area contributed by atoms with Gasteiger partial charge >= 0.3 is 0 Å². The van der Waals surface area contributed by atoms with E-state index in [1.807, 2.05) is 0 Å². The standard InChI is InChI=1S/C18H19ClN2O4S/c19-16-4-2-1-3-15(16)17(22)9-10-18(23)21-12-11-13-5-7-14(8-6-13)26(20,24)25/h1-8H,9-12H2,(H,21,23)(H2,20,24,25). The zero-order valence-electron chi connectivity index (χ0n) is 13.9. The summed E-state index contributed by atoms with van der Waals surface area (Å²) < 4.78 is 22.4. The molecule has 3 N–H and O–H groups in total. The molecule has 0 aliphatic heterocycles. The third-order valence-corrected chi connectivity index (χ3v) is 5.00. The number of Topliss-reactive ketones (excluding diaryl/α,β-unsaturated/α-hetero) is 1. The minimum atomic E-state index is -3.71. The second-order valence-electron chi connectivity index (χ2n) is 5.69. The molecule has 0 spiro atoms. The van der Waals surface area contributed by atoms with Crippen molar-refractivity contribution in [3.8, 4) is 0 Å². The fourth-order valence-corrected chi connectivity index (χ4v) is 3.09. The molecule has 138 valence electrons. The molecule has 1 amide bonds. The van der Waals surface area contributed by atoms with Crippen LogP contribution in [0.1, 0.15) is 28.8 Å². The lowest BCUT2D eigenvalue weighted by Gasteiger charge is -2.06. The van der Waals surface area contributed by atoms with Crippen LogP contribution in [0.3, 0.4) is 0 Å². The average molecular weight is 395 g/mol. The van der Waals surface area contributed by atoms with E-state index in [4.69, 9.17) is 16.7 Å². The number of ketones is 1. The Bertz CT molecular complexity index is 896. The first kappa shape index (κ1) is 20.1. The first-order chi connectivity index (χ1) is 12.3. The molecule has 2 aromatic rings. The van der Waals surface area contributed by atoms with Gasteiger partial charge in [-0.15, -0.1) is 0 Å². The van der Waals surface area contributed by atoms with E-state index < -0.39 is 10.0 Å². The topological polar surface area (TPSA) is 106 Å². The molecule has 0 atom stereocenters. The molecular formula is C18H19ClN2O4S. The molecule has 0 heterocycles. The molecule has 0 saturated heterocycles. The molecule has 0 saturated carbocycles. The van der Waals surface area contributed by atoms with E-state index in [-0.39, 0.29) is 29.4 Å². The summed E-state index contributed by atoms with van der Waals surface area (Å²) in [4.78, 5) is 23.9. The van der Waals surface area contributed by atoms with Crippen LogP contribution in [-0.4, -0.2) is 26.7 Å². The number of nitrogens with two attached hydrogens (primary N) is 1. The zero-order chi connectivity index (χ0) is 19.2. The Morgan fingerprint density at radius 2 is 1.65 bits per heavy atom. The van der Waals surface area contributed by atoms with E-state index in [2.05, 4.69) is 5.32 Å². The van der Waals surface area contributed by atoms with Gasteiger partial charge in [0.05, 0.1) is 9.92 Å². The highest BCUT2D eigenvalue weighted by molar-refractivity contribution is 7.89. The van der Waals surface area contributed by atoms with Gasteiger partial charge < -0.3 is 5.32 Å². The van der Waals surface area contributed by atoms with Crippen LogP contribution in [0.4, 0.5) is 0 Å². The van der Waals surface area contributed by atoms with Crippen molar-refractivity contribution in [2.45, 2.75) is 24.2 Å². The second kappa shape index (κ2) is 8.93. The van der Waals surface area contributed by atoms with Gasteiger partial charge in [0, 0.05) is 24.9 Å². The van der Waals surface area contributed by atoms with Crippen LogP contribution in [0.5, 0.6) is 0 Å². The SMILES string of the molecule is NS(=O)(=O)c1ccc(CCNC(=O)CCC(=O)c2ccccc2Cl)cc1. The smallest absolute Gasteiger partial charge is 0.238 e. The highest BCUT2D eigenvalue weighted by Gasteiger charge is 2.12. The summed E-state index contributed by atoms with van der Waals surface area (Å²) in [5.74, 6) is -0.407. The summed E-state index contributed by atoms with van der Waals surface area (Å²) in [6.07, 6.45) is 0.697. The molecule has 0 aliphatic rings. The number of benzene rings is 2. The van der Waals surface area contributed by atoms with Gasteiger partial charge in [-0.2, -0.15) is 0 Å². The van der Waals surface area contributed by atoms with Gasteiger partial charge in [-0.05, 0) is 36.2 Å². The van der Waals surface area contributed by atoms with Gasteiger partial charge in [0.2, 0.25) is 15.9 Å². The van der Waals surface area contributed by atoms with Crippen LogP contribution >= 0.6 is 11.6 Å². The number of primary sulfonamides is 1. The first-order valence-corrected chi connectivity index (χ1v) is 9.86. The Morgan fingerprint density at radius 3 is 2.27 bits per heavy atom. The fraction of sp³-hybridized carbons (Fsp3) is 0.222.